The summed E-state index contributed by atoms with van der Waals surface area (Å²) < 4.78 is 1.01. The maximum absolute atomic E-state index is 4.38. The van der Waals surface area contributed by atoms with Crippen LogP contribution in [0.2, 0.25) is 0 Å². The predicted molar refractivity (Wildman–Crippen MR) is 91.2 cm³/mol. The first kappa shape index (κ1) is 13.8. The number of aromatic nitrogens is 2. The molecule has 4 nitrogen and oxygen atoms in total. The van der Waals surface area contributed by atoms with Crippen LogP contribution in [0.3, 0.4) is 0 Å². The third-order valence-electron chi connectivity index (χ3n) is 3.45. The van der Waals surface area contributed by atoms with Gasteiger partial charge in [0.25, 0.3) is 0 Å². The van der Waals surface area contributed by atoms with E-state index in [4.69, 9.17) is 0 Å². The number of rotatable bonds is 3. The molecule has 1 aromatic heterocycles. The number of nitrogens with zero attached hydrogens (tertiary/aromatic N) is 2. The van der Waals surface area contributed by atoms with Crippen LogP contribution in [0, 0.1) is 6.92 Å². The highest BCUT2D eigenvalue weighted by Gasteiger charge is 2.07. The minimum atomic E-state index is 0.803. The molecule has 0 amide bonds. The first-order chi connectivity index (χ1) is 10.2. The van der Waals surface area contributed by atoms with Crippen LogP contribution in [0.1, 0.15) is 5.56 Å². The van der Waals surface area contributed by atoms with Crippen LogP contribution in [0.5, 0.6) is 0 Å². The zero-order valence-corrected chi connectivity index (χ0v) is 13.4. The van der Waals surface area contributed by atoms with Gasteiger partial charge >= 0.3 is 0 Å². The van der Waals surface area contributed by atoms with Gasteiger partial charge in [0.1, 0.15) is 12.1 Å². The molecule has 3 aromatic rings. The molecule has 0 aliphatic heterocycles. The van der Waals surface area contributed by atoms with Gasteiger partial charge in [0.05, 0.1) is 5.52 Å². The Kier molecular flexibility index (Phi) is 3.75. The Morgan fingerprint density at radius 1 is 1.05 bits per heavy atom. The summed E-state index contributed by atoms with van der Waals surface area (Å²) in [4.78, 5) is 8.67. The molecule has 106 valence electrons. The van der Waals surface area contributed by atoms with Crippen molar-refractivity contribution in [2.45, 2.75) is 6.92 Å². The van der Waals surface area contributed by atoms with Crippen molar-refractivity contribution in [3.05, 3.63) is 52.8 Å². The van der Waals surface area contributed by atoms with Gasteiger partial charge in [0, 0.05) is 28.3 Å². The van der Waals surface area contributed by atoms with Crippen LogP contribution in [-0.4, -0.2) is 17.0 Å². The fraction of sp³-hybridized carbons (Fsp3) is 0.125. The molecule has 0 unspecified atom stereocenters. The predicted octanol–water partition coefficient (Wildman–Crippen LogP) is 4.49. The van der Waals surface area contributed by atoms with E-state index in [1.165, 1.54) is 0 Å². The lowest BCUT2D eigenvalue weighted by molar-refractivity contribution is 1.21. The highest BCUT2D eigenvalue weighted by Crippen LogP contribution is 2.29. The van der Waals surface area contributed by atoms with Crippen molar-refractivity contribution in [1.82, 2.24) is 9.97 Å². The molecule has 0 saturated carbocycles. The van der Waals surface area contributed by atoms with E-state index in [2.05, 4.69) is 49.5 Å². The second-order valence-electron chi connectivity index (χ2n) is 4.74. The fourth-order valence-electron chi connectivity index (χ4n) is 2.30. The van der Waals surface area contributed by atoms with Crippen molar-refractivity contribution < 1.29 is 0 Å². The SMILES string of the molecule is CNc1cccc(Nc2ncnc3ccc(Br)cc23)c1C. The number of nitrogens with one attached hydrogen (secondary N) is 2. The molecule has 2 N–H and O–H groups in total. The van der Waals surface area contributed by atoms with Crippen molar-refractivity contribution in [1.29, 1.82) is 0 Å². The smallest absolute Gasteiger partial charge is 0.141 e. The summed E-state index contributed by atoms with van der Waals surface area (Å²) >= 11 is 3.50. The van der Waals surface area contributed by atoms with Gasteiger partial charge in [-0.3, -0.25) is 0 Å². The van der Waals surface area contributed by atoms with Gasteiger partial charge in [-0.15, -0.1) is 0 Å². The third-order valence-corrected chi connectivity index (χ3v) is 3.95. The Morgan fingerprint density at radius 2 is 1.86 bits per heavy atom. The van der Waals surface area contributed by atoms with Crippen molar-refractivity contribution in [3.8, 4) is 0 Å². The van der Waals surface area contributed by atoms with E-state index in [0.29, 0.717) is 0 Å². The van der Waals surface area contributed by atoms with E-state index >= 15 is 0 Å². The van der Waals surface area contributed by atoms with Crippen LogP contribution < -0.4 is 10.6 Å². The minimum absolute atomic E-state index is 0.803. The molecular formula is C16H15BrN4. The van der Waals surface area contributed by atoms with Crippen LogP contribution in [-0.2, 0) is 0 Å². The van der Waals surface area contributed by atoms with E-state index in [-0.39, 0.29) is 0 Å². The quantitative estimate of drug-likeness (QED) is 0.736. The lowest BCUT2D eigenvalue weighted by atomic mass is 10.1. The second kappa shape index (κ2) is 5.69. The molecule has 0 aliphatic carbocycles. The summed E-state index contributed by atoms with van der Waals surface area (Å²) in [6.07, 6.45) is 1.58. The number of fused-ring (bicyclic) bond motifs is 1. The van der Waals surface area contributed by atoms with Crippen molar-refractivity contribution in [2.75, 3.05) is 17.7 Å². The van der Waals surface area contributed by atoms with Crippen molar-refractivity contribution in [2.24, 2.45) is 0 Å². The number of benzene rings is 2. The summed E-state index contributed by atoms with van der Waals surface area (Å²) in [7, 11) is 1.92. The Morgan fingerprint density at radius 3 is 2.67 bits per heavy atom. The van der Waals surface area contributed by atoms with Gasteiger partial charge in [-0.25, -0.2) is 9.97 Å². The number of anilines is 3. The maximum Gasteiger partial charge on any atom is 0.141 e. The van der Waals surface area contributed by atoms with Gasteiger partial charge in [0.15, 0.2) is 0 Å². The topological polar surface area (TPSA) is 49.8 Å². The molecule has 0 bridgehead atoms. The van der Waals surface area contributed by atoms with E-state index in [1.54, 1.807) is 6.33 Å². The van der Waals surface area contributed by atoms with Crippen LogP contribution in [0.15, 0.2) is 47.2 Å². The van der Waals surface area contributed by atoms with E-state index in [9.17, 15) is 0 Å². The first-order valence-electron chi connectivity index (χ1n) is 6.63. The molecule has 0 radical (unpaired) electrons. The van der Waals surface area contributed by atoms with E-state index in [0.717, 1.165) is 38.1 Å². The van der Waals surface area contributed by atoms with Crippen LogP contribution >= 0.6 is 15.9 Å². The summed E-state index contributed by atoms with van der Waals surface area (Å²) in [5.74, 6) is 0.803. The summed E-state index contributed by atoms with van der Waals surface area (Å²) in [5, 5.41) is 7.58. The average Bonchev–Trinajstić information content (AvgIpc) is 2.50. The Hall–Kier alpha value is -2.14. The third kappa shape index (κ3) is 2.69. The molecule has 3 rings (SSSR count). The molecular weight excluding hydrogens is 328 g/mol. The number of hydrogen-bond acceptors (Lipinski definition) is 4. The number of halogens is 1. The highest BCUT2D eigenvalue weighted by atomic mass is 79.9. The summed E-state index contributed by atoms with van der Waals surface area (Å²) in [6.45, 7) is 2.08. The fourth-order valence-corrected chi connectivity index (χ4v) is 2.66. The monoisotopic (exact) mass is 342 g/mol. The van der Waals surface area contributed by atoms with Gasteiger partial charge in [0.2, 0.25) is 0 Å². The first-order valence-corrected chi connectivity index (χ1v) is 7.43. The maximum atomic E-state index is 4.38. The Labute approximate surface area is 131 Å². The summed E-state index contributed by atoms with van der Waals surface area (Å²) in [6, 6.07) is 12.1. The lowest BCUT2D eigenvalue weighted by Crippen LogP contribution is -2.00. The lowest BCUT2D eigenvalue weighted by Gasteiger charge is -2.13. The van der Waals surface area contributed by atoms with Gasteiger partial charge in [-0.1, -0.05) is 22.0 Å². The van der Waals surface area contributed by atoms with E-state index in [1.807, 2.05) is 37.4 Å². The Bertz CT molecular complexity index is 801. The molecule has 0 saturated heterocycles. The summed E-state index contributed by atoms with van der Waals surface area (Å²) in [5.41, 5.74) is 4.20. The van der Waals surface area contributed by atoms with Gasteiger partial charge in [-0.05, 0) is 42.8 Å². The molecule has 2 aromatic carbocycles. The van der Waals surface area contributed by atoms with Gasteiger partial charge in [-0.2, -0.15) is 0 Å². The molecule has 0 aliphatic rings. The van der Waals surface area contributed by atoms with Crippen molar-refractivity contribution >= 4 is 44.0 Å². The van der Waals surface area contributed by atoms with Crippen LogP contribution in [0.25, 0.3) is 10.9 Å². The normalized spacial score (nSPS) is 10.6. The Balaban J connectivity index is 2.08. The van der Waals surface area contributed by atoms with Gasteiger partial charge < -0.3 is 10.6 Å². The van der Waals surface area contributed by atoms with Crippen molar-refractivity contribution in [3.63, 3.8) is 0 Å². The van der Waals surface area contributed by atoms with E-state index < -0.39 is 0 Å². The molecule has 21 heavy (non-hydrogen) atoms. The average molecular weight is 343 g/mol. The number of hydrogen-bond donors (Lipinski definition) is 2. The zero-order valence-electron chi connectivity index (χ0n) is 11.8. The minimum Gasteiger partial charge on any atom is -0.388 e. The molecule has 0 fully saturated rings. The standard InChI is InChI=1S/C16H15BrN4/c1-10-13(18-2)4-3-5-14(10)21-16-12-8-11(17)6-7-15(12)19-9-20-16/h3-9,18H,1-2H3,(H,19,20,21). The second-order valence-corrected chi connectivity index (χ2v) is 5.65. The molecule has 5 heteroatoms. The highest BCUT2D eigenvalue weighted by molar-refractivity contribution is 9.10. The van der Waals surface area contributed by atoms with Crippen LogP contribution in [0.4, 0.5) is 17.2 Å². The largest absolute Gasteiger partial charge is 0.388 e. The molecule has 0 spiro atoms. The zero-order chi connectivity index (χ0) is 14.8. The molecule has 1 heterocycles. The molecule has 0 atom stereocenters.